The van der Waals surface area contributed by atoms with Gasteiger partial charge < -0.3 is 20.3 Å². The summed E-state index contributed by atoms with van der Waals surface area (Å²) in [5.74, 6) is 1.49. The first kappa shape index (κ1) is 22.3. The van der Waals surface area contributed by atoms with Crippen LogP contribution in [0, 0.1) is 5.92 Å². The second-order valence-electron chi connectivity index (χ2n) is 8.70. The standard InChI is InChI=1S/C24H33N5O3/c1-32-21-9-5-4-8-20(21)26-24(31)18-11-15-28(16-12-18)17-13-23(30)27-22-10-14-25-29(22)19-6-2-3-7-19/h4-5,8-10,14,18-19H,2-3,6-7,11-13,15-17H2,1H3,(H,26,31)(H,27,30). The molecule has 1 aliphatic carbocycles. The third-order valence-corrected chi connectivity index (χ3v) is 6.59. The van der Waals surface area contributed by atoms with E-state index >= 15 is 0 Å². The molecule has 0 unspecified atom stereocenters. The number of methoxy groups -OCH3 is 1. The van der Waals surface area contributed by atoms with E-state index in [1.807, 2.05) is 35.0 Å². The van der Waals surface area contributed by atoms with Crippen LogP contribution in [0.25, 0.3) is 0 Å². The van der Waals surface area contributed by atoms with Crippen LogP contribution in [0.1, 0.15) is 51.0 Å². The number of anilines is 2. The second kappa shape index (κ2) is 10.6. The summed E-state index contributed by atoms with van der Waals surface area (Å²) in [6.07, 6.45) is 8.49. The number of piperidine rings is 1. The van der Waals surface area contributed by atoms with Crippen molar-refractivity contribution in [3.63, 3.8) is 0 Å². The van der Waals surface area contributed by atoms with E-state index in [0.29, 0.717) is 30.4 Å². The lowest BCUT2D eigenvalue weighted by Crippen LogP contribution is -2.39. The van der Waals surface area contributed by atoms with E-state index in [4.69, 9.17) is 4.74 Å². The number of hydrogen-bond donors (Lipinski definition) is 2. The number of ether oxygens (including phenoxy) is 1. The molecule has 2 fully saturated rings. The molecule has 32 heavy (non-hydrogen) atoms. The average molecular weight is 440 g/mol. The fourth-order valence-electron chi connectivity index (χ4n) is 4.72. The van der Waals surface area contributed by atoms with Crippen molar-refractivity contribution in [1.82, 2.24) is 14.7 Å². The molecule has 1 aromatic carbocycles. The molecule has 2 N–H and O–H groups in total. The number of benzene rings is 1. The molecular formula is C24H33N5O3. The van der Waals surface area contributed by atoms with Crippen LogP contribution < -0.4 is 15.4 Å². The minimum absolute atomic E-state index is 0.0146. The van der Waals surface area contributed by atoms with E-state index < -0.39 is 0 Å². The minimum Gasteiger partial charge on any atom is -0.495 e. The lowest BCUT2D eigenvalue weighted by Gasteiger charge is -2.31. The number of nitrogens with zero attached hydrogens (tertiary/aromatic N) is 3. The van der Waals surface area contributed by atoms with Crippen molar-refractivity contribution in [2.45, 2.75) is 51.0 Å². The molecule has 2 heterocycles. The molecule has 1 saturated carbocycles. The molecule has 1 aromatic heterocycles. The number of rotatable bonds is 8. The van der Waals surface area contributed by atoms with Gasteiger partial charge in [0.2, 0.25) is 11.8 Å². The molecule has 8 heteroatoms. The summed E-state index contributed by atoms with van der Waals surface area (Å²) >= 11 is 0. The average Bonchev–Trinajstić information content (AvgIpc) is 3.50. The van der Waals surface area contributed by atoms with Crippen LogP contribution >= 0.6 is 0 Å². The molecule has 0 atom stereocenters. The Morgan fingerprint density at radius 1 is 1.06 bits per heavy atom. The highest BCUT2D eigenvalue weighted by molar-refractivity contribution is 5.94. The van der Waals surface area contributed by atoms with Crippen LogP contribution in [0.15, 0.2) is 36.5 Å². The number of carbonyl (C=O) groups excluding carboxylic acids is 2. The molecule has 2 aliphatic rings. The zero-order chi connectivity index (χ0) is 22.3. The van der Waals surface area contributed by atoms with Gasteiger partial charge in [0.05, 0.1) is 25.0 Å². The summed E-state index contributed by atoms with van der Waals surface area (Å²) in [7, 11) is 1.60. The van der Waals surface area contributed by atoms with E-state index in [0.717, 1.165) is 44.6 Å². The smallest absolute Gasteiger partial charge is 0.227 e. The van der Waals surface area contributed by atoms with Crippen LogP contribution in [-0.2, 0) is 9.59 Å². The SMILES string of the molecule is COc1ccccc1NC(=O)C1CCN(CCC(=O)Nc2ccnn2C2CCCC2)CC1. The lowest BCUT2D eigenvalue weighted by atomic mass is 9.95. The number of amides is 2. The molecule has 172 valence electrons. The van der Waals surface area contributed by atoms with Crippen molar-refractivity contribution < 1.29 is 14.3 Å². The van der Waals surface area contributed by atoms with Gasteiger partial charge in [0.15, 0.2) is 0 Å². The third-order valence-electron chi connectivity index (χ3n) is 6.59. The molecule has 8 nitrogen and oxygen atoms in total. The van der Waals surface area contributed by atoms with E-state index in [1.54, 1.807) is 13.3 Å². The third kappa shape index (κ3) is 5.48. The molecule has 2 aromatic rings. The van der Waals surface area contributed by atoms with Crippen molar-refractivity contribution in [3.05, 3.63) is 36.5 Å². The van der Waals surface area contributed by atoms with E-state index in [9.17, 15) is 9.59 Å². The van der Waals surface area contributed by atoms with Gasteiger partial charge >= 0.3 is 0 Å². The van der Waals surface area contributed by atoms with Gasteiger partial charge in [-0.1, -0.05) is 25.0 Å². The predicted molar refractivity (Wildman–Crippen MR) is 124 cm³/mol. The monoisotopic (exact) mass is 439 g/mol. The molecule has 1 saturated heterocycles. The Labute approximate surface area is 189 Å². The fourth-order valence-corrected chi connectivity index (χ4v) is 4.72. The van der Waals surface area contributed by atoms with Crippen molar-refractivity contribution in [2.75, 3.05) is 37.4 Å². The number of hydrogen-bond acceptors (Lipinski definition) is 5. The molecule has 0 radical (unpaired) electrons. The normalized spacial score (nSPS) is 17.9. The maximum Gasteiger partial charge on any atom is 0.227 e. The molecule has 2 amide bonds. The first-order chi connectivity index (χ1) is 15.6. The van der Waals surface area contributed by atoms with Crippen LogP contribution in [0.5, 0.6) is 5.75 Å². The summed E-state index contributed by atoms with van der Waals surface area (Å²) in [6, 6.07) is 9.73. The van der Waals surface area contributed by atoms with Gasteiger partial charge in [-0.3, -0.25) is 9.59 Å². The van der Waals surface area contributed by atoms with Gasteiger partial charge in [-0.15, -0.1) is 0 Å². The summed E-state index contributed by atoms with van der Waals surface area (Å²) in [5, 5.41) is 10.4. The zero-order valence-electron chi connectivity index (χ0n) is 18.8. The largest absolute Gasteiger partial charge is 0.495 e. The van der Waals surface area contributed by atoms with E-state index in [-0.39, 0.29) is 17.7 Å². The van der Waals surface area contributed by atoms with Gasteiger partial charge in [-0.05, 0) is 50.9 Å². The van der Waals surface area contributed by atoms with Crippen LogP contribution in [-0.4, -0.2) is 53.2 Å². The van der Waals surface area contributed by atoms with E-state index in [2.05, 4.69) is 20.6 Å². The van der Waals surface area contributed by atoms with Gasteiger partial charge in [-0.25, -0.2) is 4.68 Å². The van der Waals surface area contributed by atoms with Crippen molar-refractivity contribution in [2.24, 2.45) is 5.92 Å². The highest BCUT2D eigenvalue weighted by atomic mass is 16.5. The topological polar surface area (TPSA) is 88.5 Å². The van der Waals surface area contributed by atoms with Crippen LogP contribution in [0.2, 0.25) is 0 Å². The van der Waals surface area contributed by atoms with Crippen LogP contribution in [0.4, 0.5) is 11.5 Å². The summed E-state index contributed by atoms with van der Waals surface area (Å²) < 4.78 is 7.28. The number of aromatic nitrogens is 2. The Morgan fingerprint density at radius 2 is 1.81 bits per heavy atom. The Kier molecular flexibility index (Phi) is 7.42. The van der Waals surface area contributed by atoms with E-state index in [1.165, 1.54) is 12.8 Å². The number of carbonyl (C=O) groups is 2. The predicted octanol–water partition coefficient (Wildman–Crippen LogP) is 3.69. The molecule has 1 aliphatic heterocycles. The summed E-state index contributed by atoms with van der Waals surface area (Å²) in [5.41, 5.74) is 0.705. The maximum atomic E-state index is 12.7. The van der Waals surface area contributed by atoms with Gasteiger partial charge in [0, 0.05) is 24.9 Å². The number of likely N-dealkylation sites (tertiary alicyclic amines) is 1. The number of nitrogens with one attached hydrogen (secondary N) is 2. The molecular weight excluding hydrogens is 406 g/mol. The van der Waals surface area contributed by atoms with Crippen molar-refractivity contribution in [1.29, 1.82) is 0 Å². The Morgan fingerprint density at radius 3 is 2.56 bits per heavy atom. The van der Waals surface area contributed by atoms with Crippen molar-refractivity contribution in [3.8, 4) is 5.75 Å². The first-order valence-electron chi connectivity index (χ1n) is 11.6. The fraction of sp³-hybridized carbons (Fsp3) is 0.542. The Balaban J connectivity index is 1.19. The summed E-state index contributed by atoms with van der Waals surface area (Å²) in [4.78, 5) is 27.4. The second-order valence-corrected chi connectivity index (χ2v) is 8.70. The maximum absolute atomic E-state index is 12.7. The van der Waals surface area contributed by atoms with Crippen LogP contribution in [0.3, 0.4) is 0 Å². The molecule has 0 bridgehead atoms. The summed E-state index contributed by atoms with van der Waals surface area (Å²) in [6.45, 7) is 2.33. The zero-order valence-corrected chi connectivity index (χ0v) is 18.8. The quantitative estimate of drug-likeness (QED) is 0.655. The van der Waals surface area contributed by atoms with Crippen molar-refractivity contribution >= 4 is 23.3 Å². The van der Waals surface area contributed by atoms with Gasteiger partial charge in [0.25, 0.3) is 0 Å². The highest BCUT2D eigenvalue weighted by Gasteiger charge is 2.26. The Bertz CT molecular complexity index is 914. The molecule has 0 spiro atoms. The Hall–Kier alpha value is -2.87. The minimum atomic E-state index is -0.0225. The van der Waals surface area contributed by atoms with Gasteiger partial charge in [0.1, 0.15) is 11.6 Å². The molecule has 4 rings (SSSR count). The first-order valence-corrected chi connectivity index (χ1v) is 11.6. The number of para-hydroxylation sites is 2. The van der Waals surface area contributed by atoms with Gasteiger partial charge in [-0.2, -0.15) is 5.10 Å². The lowest BCUT2D eigenvalue weighted by molar-refractivity contribution is -0.121. The highest BCUT2D eigenvalue weighted by Crippen LogP contribution is 2.31.